The zero-order chi connectivity index (χ0) is 17.3. The van der Waals surface area contributed by atoms with Crippen molar-refractivity contribution in [2.75, 3.05) is 13.3 Å². The smallest absolute Gasteiger partial charge is 0.272 e. The van der Waals surface area contributed by atoms with E-state index in [2.05, 4.69) is 4.98 Å². The lowest BCUT2D eigenvalue weighted by molar-refractivity contribution is 0.0695. The SMILES string of the molecule is CN(C(=O)c1ccc2ccccc2n1)[C@H]1CCCC[C@H]1S(C)(=O)=O. The Bertz CT molecular complexity index is 863. The van der Waals surface area contributed by atoms with Gasteiger partial charge in [-0.15, -0.1) is 0 Å². The standard InChI is InChI=1S/C18H22N2O3S/c1-20(16-9-5-6-10-17(16)24(2,22)23)18(21)15-12-11-13-7-3-4-8-14(13)19-15/h3-4,7-8,11-12,16-17H,5-6,9-10H2,1-2H3/t16-,17+/m0/s1. The molecule has 5 nitrogen and oxygen atoms in total. The number of pyridine rings is 1. The summed E-state index contributed by atoms with van der Waals surface area (Å²) in [7, 11) is -1.50. The van der Waals surface area contributed by atoms with Crippen LogP contribution in [0.15, 0.2) is 36.4 Å². The van der Waals surface area contributed by atoms with Crippen LogP contribution < -0.4 is 0 Å². The van der Waals surface area contributed by atoms with Gasteiger partial charge in [0.15, 0.2) is 9.84 Å². The molecule has 0 bridgehead atoms. The van der Waals surface area contributed by atoms with E-state index < -0.39 is 15.1 Å². The van der Waals surface area contributed by atoms with E-state index >= 15 is 0 Å². The van der Waals surface area contributed by atoms with Crippen LogP contribution in [-0.2, 0) is 9.84 Å². The minimum absolute atomic E-state index is 0.221. The molecule has 1 fully saturated rings. The molecule has 3 rings (SSSR count). The Kier molecular flexibility index (Phi) is 4.58. The van der Waals surface area contributed by atoms with Gasteiger partial charge in [0.1, 0.15) is 5.69 Å². The van der Waals surface area contributed by atoms with Crippen LogP contribution in [0.5, 0.6) is 0 Å². The highest BCUT2D eigenvalue weighted by Crippen LogP contribution is 2.28. The van der Waals surface area contributed by atoms with Crippen LogP contribution in [0.25, 0.3) is 10.9 Å². The Balaban J connectivity index is 1.89. The summed E-state index contributed by atoms with van der Waals surface area (Å²) in [6, 6.07) is 10.9. The van der Waals surface area contributed by atoms with E-state index in [9.17, 15) is 13.2 Å². The third-order valence-corrected chi connectivity index (χ3v) is 6.50. The predicted octanol–water partition coefficient (Wildman–Crippen LogP) is 2.66. The van der Waals surface area contributed by atoms with E-state index in [0.29, 0.717) is 18.5 Å². The second-order valence-electron chi connectivity index (χ2n) is 6.53. The molecule has 0 unspecified atom stereocenters. The number of carbonyl (C=O) groups excluding carboxylic acids is 1. The number of benzene rings is 1. The normalized spacial score (nSPS) is 21.6. The molecular formula is C18H22N2O3S. The van der Waals surface area contributed by atoms with Gasteiger partial charge in [0.25, 0.3) is 5.91 Å². The summed E-state index contributed by atoms with van der Waals surface area (Å²) in [5.41, 5.74) is 1.12. The number of hydrogen-bond donors (Lipinski definition) is 0. The van der Waals surface area contributed by atoms with Crippen molar-refractivity contribution in [3.63, 3.8) is 0 Å². The highest BCUT2D eigenvalue weighted by molar-refractivity contribution is 7.91. The first-order valence-corrected chi connectivity index (χ1v) is 10.2. The summed E-state index contributed by atoms with van der Waals surface area (Å²) in [5, 5.41) is 0.490. The van der Waals surface area contributed by atoms with Crippen molar-refractivity contribution in [1.29, 1.82) is 0 Å². The molecule has 2 atom stereocenters. The summed E-state index contributed by atoms with van der Waals surface area (Å²) >= 11 is 0. The Morgan fingerprint density at radius 1 is 1.12 bits per heavy atom. The van der Waals surface area contributed by atoms with Crippen molar-refractivity contribution >= 4 is 26.6 Å². The summed E-state index contributed by atoms with van der Waals surface area (Å²) in [4.78, 5) is 18.8. The van der Waals surface area contributed by atoms with Gasteiger partial charge >= 0.3 is 0 Å². The van der Waals surface area contributed by atoms with Crippen LogP contribution in [0, 0.1) is 0 Å². The molecule has 6 heteroatoms. The van der Waals surface area contributed by atoms with Gasteiger partial charge in [0.2, 0.25) is 0 Å². The summed E-state index contributed by atoms with van der Waals surface area (Å²) in [6.45, 7) is 0. The number of fused-ring (bicyclic) bond motifs is 1. The van der Waals surface area contributed by atoms with E-state index in [4.69, 9.17) is 0 Å². The number of carbonyl (C=O) groups is 1. The van der Waals surface area contributed by atoms with Gasteiger partial charge in [-0.25, -0.2) is 13.4 Å². The third kappa shape index (κ3) is 3.29. The zero-order valence-corrected chi connectivity index (χ0v) is 14.8. The molecule has 1 amide bonds. The maximum absolute atomic E-state index is 12.8. The van der Waals surface area contributed by atoms with Crippen molar-refractivity contribution in [2.24, 2.45) is 0 Å². The van der Waals surface area contributed by atoms with Crippen LogP contribution in [0.1, 0.15) is 36.2 Å². The van der Waals surface area contributed by atoms with Crippen molar-refractivity contribution in [3.8, 4) is 0 Å². The van der Waals surface area contributed by atoms with E-state index in [-0.39, 0.29) is 11.9 Å². The summed E-state index contributed by atoms with van der Waals surface area (Å²) in [5.74, 6) is -0.221. The first-order chi connectivity index (χ1) is 11.4. The van der Waals surface area contributed by atoms with Crippen LogP contribution in [0.3, 0.4) is 0 Å². The van der Waals surface area contributed by atoms with Crippen LogP contribution in [0.2, 0.25) is 0 Å². The Morgan fingerprint density at radius 2 is 1.83 bits per heavy atom. The zero-order valence-electron chi connectivity index (χ0n) is 14.0. The van der Waals surface area contributed by atoms with Crippen LogP contribution in [-0.4, -0.2) is 48.8 Å². The molecular weight excluding hydrogens is 324 g/mol. The fraction of sp³-hybridized carbons (Fsp3) is 0.444. The average molecular weight is 346 g/mol. The molecule has 0 spiro atoms. The lowest BCUT2D eigenvalue weighted by Gasteiger charge is -2.36. The van der Waals surface area contributed by atoms with Gasteiger partial charge in [0.05, 0.1) is 10.8 Å². The van der Waals surface area contributed by atoms with Crippen LogP contribution in [0.4, 0.5) is 0 Å². The third-order valence-electron chi connectivity index (χ3n) is 4.85. The van der Waals surface area contributed by atoms with E-state index in [1.165, 1.54) is 6.26 Å². The average Bonchev–Trinajstić information content (AvgIpc) is 2.59. The molecule has 24 heavy (non-hydrogen) atoms. The molecule has 0 aliphatic heterocycles. The highest BCUT2D eigenvalue weighted by atomic mass is 32.2. The fourth-order valence-electron chi connectivity index (χ4n) is 3.54. The van der Waals surface area contributed by atoms with Gasteiger partial charge < -0.3 is 4.90 Å². The fourth-order valence-corrected chi connectivity index (χ4v) is 5.02. The molecule has 1 aliphatic carbocycles. The molecule has 128 valence electrons. The van der Waals surface area contributed by atoms with Crippen molar-refractivity contribution in [3.05, 3.63) is 42.1 Å². The monoisotopic (exact) mass is 346 g/mol. The Morgan fingerprint density at radius 3 is 2.58 bits per heavy atom. The van der Waals surface area contributed by atoms with Gasteiger partial charge in [-0.3, -0.25) is 4.79 Å². The predicted molar refractivity (Wildman–Crippen MR) is 94.7 cm³/mol. The number of hydrogen-bond acceptors (Lipinski definition) is 4. The van der Waals surface area contributed by atoms with E-state index in [0.717, 1.165) is 23.7 Å². The molecule has 1 aromatic carbocycles. The quantitative estimate of drug-likeness (QED) is 0.857. The lowest BCUT2D eigenvalue weighted by atomic mass is 9.93. The molecule has 2 aromatic rings. The molecule has 0 radical (unpaired) electrons. The Hall–Kier alpha value is -1.95. The number of rotatable bonds is 3. The second kappa shape index (κ2) is 6.51. The van der Waals surface area contributed by atoms with Gasteiger partial charge in [-0.2, -0.15) is 0 Å². The van der Waals surface area contributed by atoms with Gasteiger partial charge in [0, 0.05) is 24.7 Å². The van der Waals surface area contributed by atoms with E-state index in [1.54, 1.807) is 18.0 Å². The molecule has 1 heterocycles. The number of amides is 1. The first kappa shape index (κ1) is 16.9. The minimum atomic E-state index is -3.18. The molecule has 1 aromatic heterocycles. The topological polar surface area (TPSA) is 67.3 Å². The maximum atomic E-state index is 12.8. The van der Waals surface area contributed by atoms with Crippen LogP contribution >= 0.6 is 0 Å². The second-order valence-corrected chi connectivity index (χ2v) is 8.79. The molecule has 0 saturated heterocycles. The van der Waals surface area contributed by atoms with Crippen molar-refractivity contribution in [2.45, 2.75) is 37.0 Å². The molecule has 1 aliphatic rings. The number of aromatic nitrogens is 1. The molecule has 0 N–H and O–H groups in total. The number of para-hydroxylation sites is 1. The highest BCUT2D eigenvalue weighted by Gasteiger charge is 2.37. The lowest BCUT2D eigenvalue weighted by Crippen LogP contribution is -2.49. The van der Waals surface area contributed by atoms with Crippen molar-refractivity contribution < 1.29 is 13.2 Å². The van der Waals surface area contributed by atoms with Gasteiger partial charge in [-0.05, 0) is 25.0 Å². The van der Waals surface area contributed by atoms with Crippen molar-refractivity contribution in [1.82, 2.24) is 9.88 Å². The number of nitrogens with zero attached hydrogens (tertiary/aromatic N) is 2. The first-order valence-electron chi connectivity index (χ1n) is 8.20. The molecule has 1 saturated carbocycles. The number of sulfone groups is 1. The maximum Gasteiger partial charge on any atom is 0.272 e. The minimum Gasteiger partial charge on any atom is -0.336 e. The summed E-state index contributed by atoms with van der Waals surface area (Å²) < 4.78 is 24.2. The summed E-state index contributed by atoms with van der Waals surface area (Å²) in [6.07, 6.45) is 4.44. The Labute approximate surface area is 142 Å². The largest absolute Gasteiger partial charge is 0.336 e. The van der Waals surface area contributed by atoms with E-state index in [1.807, 2.05) is 30.3 Å². The van der Waals surface area contributed by atoms with Gasteiger partial charge in [-0.1, -0.05) is 37.1 Å².